The van der Waals surface area contributed by atoms with Crippen molar-refractivity contribution < 1.29 is 24.6 Å². The van der Waals surface area contributed by atoms with Gasteiger partial charge in [0.15, 0.2) is 0 Å². The molecule has 0 bridgehead atoms. The maximum absolute atomic E-state index is 14.7. The molecular weight excluding hydrogens is 669 g/mol. The van der Waals surface area contributed by atoms with Gasteiger partial charge in [-0.25, -0.2) is 4.79 Å². The van der Waals surface area contributed by atoms with Crippen LogP contribution in [0.25, 0.3) is 0 Å². The van der Waals surface area contributed by atoms with Crippen LogP contribution < -0.4 is 10.6 Å². The summed E-state index contributed by atoms with van der Waals surface area (Å²) in [5.41, 5.74) is 2.67. The molecule has 0 saturated heterocycles. The second kappa shape index (κ2) is 13.1. The van der Waals surface area contributed by atoms with Crippen molar-refractivity contribution in [1.29, 1.82) is 0 Å². The highest BCUT2D eigenvalue weighted by Crippen LogP contribution is 2.77. The number of carbonyl (C=O) groups is 3. The van der Waals surface area contributed by atoms with Crippen LogP contribution in [0.3, 0.4) is 0 Å². The van der Waals surface area contributed by atoms with Gasteiger partial charge in [0.05, 0.1) is 18.1 Å². The van der Waals surface area contributed by atoms with Gasteiger partial charge in [0.1, 0.15) is 4.88 Å². The molecule has 282 valence electrons. The maximum Gasteiger partial charge on any atom is 0.345 e. The lowest BCUT2D eigenvalue weighted by atomic mass is 9.32. The number of aliphatic hydroxyl groups is 1. The lowest BCUT2D eigenvalue weighted by Crippen LogP contribution is -2.67. The molecule has 52 heavy (non-hydrogen) atoms. The van der Waals surface area contributed by atoms with Crippen molar-refractivity contribution in [2.45, 2.75) is 125 Å². The maximum atomic E-state index is 14.7. The Hall–Kier alpha value is -2.97. The van der Waals surface area contributed by atoms with Gasteiger partial charge in [0, 0.05) is 17.0 Å². The molecule has 0 spiro atoms. The molecule has 5 fully saturated rings. The molecule has 7 rings (SSSR count). The van der Waals surface area contributed by atoms with E-state index in [2.05, 4.69) is 58.8 Å². The van der Waals surface area contributed by atoms with Gasteiger partial charge in [0.25, 0.3) is 5.91 Å². The zero-order valence-corrected chi connectivity index (χ0v) is 33.0. The summed E-state index contributed by atoms with van der Waals surface area (Å²) in [6.45, 7) is 19.7. The van der Waals surface area contributed by atoms with E-state index in [9.17, 15) is 24.6 Å². The molecule has 4 N–H and O–H groups in total. The Labute approximate surface area is 314 Å². The molecule has 10 atom stereocenters. The number of nitrogens with one attached hydrogen (secondary N) is 2. The fraction of sp³-hybridized carbons (Fsp3) is 0.659. The van der Waals surface area contributed by atoms with E-state index in [0.717, 1.165) is 66.7 Å². The Balaban J connectivity index is 1.09. The summed E-state index contributed by atoms with van der Waals surface area (Å²) < 4.78 is 0. The van der Waals surface area contributed by atoms with Crippen molar-refractivity contribution in [3.05, 3.63) is 69.4 Å². The number of amides is 2. The van der Waals surface area contributed by atoms with Gasteiger partial charge in [-0.05, 0) is 152 Å². The number of thiophene rings is 1. The number of allylic oxidation sites excluding steroid dienone is 1. The predicted octanol–water partition coefficient (Wildman–Crippen LogP) is 9.01. The molecule has 7 nitrogen and oxygen atoms in total. The van der Waals surface area contributed by atoms with Crippen molar-refractivity contribution in [2.24, 2.45) is 56.7 Å². The van der Waals surface area contributed by atoms with Gasteiger partial charge in [0.2, 0.25) is 5.91 Å². The fourth-order valence-corrected chi connectivity index (χ4v) is 14.3. The van der Waals surface area contributed by atoms with Crippen LogP contribution in [-0.4, -0.2) is 34.1 Å². The molecule has 1 heterocycles. The first-order valence-corrected chi connectivity index (χ1v) is 20.6. The fourth-order valence-electron chi connectivity index (χ4n) is 13.6. The normalized spacial score (nSPS) is 38.9. The van der Waals surface area contributed by atoms with Gasteiger partial charge in [-0.3, -0.25) is 9.59 Å². The number of rotatable bonds is 8. The third kappa shape index (κ3) is 5.63. The summed E-state index contributed by atoms with van der Waals surface area (Å²) in [4.78, 5) is 40.0. The summed E-state index contributed by atoms with van der Waals surface area (Å²) in [6.07, 6.45) is 10.4. The topological polar surface area (TPSA) is 116 Å². The highest BCUT2D eigenvalue weighted by molar-refractivity contribution is 7.13. The van der Waals surface area contributed by atoms with Gasteiger partial charge < -0.3 is 20.8 Å². The Morgan fingerprint density at radius 3 is 2.33 bits per heavy atom. The number of fused-ring (bicyclic) bond motifs is 7. The van der Waals surface area contributed by atoms with E-state index in [-0.39, 0.29) is 56.9 Å². The second-order valence-corrected chi connectivity index (χ2v) is 20.0. The zero-order chi connectivity index (χ0) is 37.4. The van der Waals surface area contributed by atoms with Gasteiger partial charge in [-0.15, -0.1) is 11.3 Å². The number of hydrogen-bond acceptors (Lipinski definition) is 5. The first-order chi connectivity index (χ1) is 24.5. The number of aliphatic hydroxyl groups excluding tert-OH is 1. The summed E-state index contributed by atoms with van der Waals surface area (Å²) >= 11 is 1.16. The quantitative estimate of drug-likeness (QED) is 0.203. The molecule has 1 aromatic heterocycles. The molecule has 1 aromatic carbocycles. The first kappa shape index (κ1) is 37.3. The summed E-state index contributed by atoms with van der Waals surface area (Å²) in [5, 5.41) is 26.6. The molecule has 2 amide bonds. The third-order valence-electron chi connectivity index (χ3n) is 16.4. The Morgan fingerprint density at radius 1 is 0.846 bits per heavy atom. The molecule has 5 saturated carbocycles. The number of carboxylic acid groups (broad SMARTS) is 1. The van der Waals surface area contributed by atoms with Crippen LogP contribution in [-0.2, 0) is 17.9 Å². The standard InChI is InChI=1S/C44H60N2O5S/c1-26(2)30-15-20-44(39(51)46-24-27-9-8-10-28(23-27)37(48)45-25-29-11-13-32(52-29)38(49)50)22-21-42(6)31(36(30)44)12-14-34-41(5)18-17-35(47)40(3,4)33(41)16-19-43(34,42)7/h8-11,13,23,30-31,33-36,47H,1,12,14-22,24-25H2,2-7H3,(H,45,48)(H,46,51)(H,49,50)/t30-,31?,33?,34?,35-,36?,41-,42+,43+,44-/m0/s1. The number of aromatic carboxylic acids is 1. The van der Waals surface area contributed by atoms with Crippen LogP contribution in [0.1, 0.15) is 136 Å². The molecule has 0 aliphatic heterocycles. The molecule has 8 heteroatoms. The van der Waals surface area contributed by atoms with Gasteiger partial charge in [-0.1, -0.05) is 58.9 Å². The van der Waals surface area contributed by atoms with Gasteiger partial charge in [-0.2, -0.15) is 0 Å². The van der Waals surface area contributed by atoms with E-state index in [1.54, 1.807) is 18.2 Å². The summed E-state index contributed by atoms with van der Waals surface area (Å²) in [6, 6.07) is 10.7. The van der Waals surface area contributed by atoms with E-state index in [4.69, 9.17) is 0 Å². The van der Waals surface area contributed by atoms with Crippen molar-refractivity contribution in [2.75, 3.05) is 0 Å². The SMILES string of the molecule is C=C(C)[C@@H]1CC[C@]2(C(=O)NCc3cccc(C(=O)NCc4ccc(C(=O)O)s4)c3)CC[C@]3(C)C(CCC4[C@@]5(C)CC[C@H](O)C(C)(C)C5CC[C@]43C)C12. The minimum Gasteiger partial charge on any atom is -0.477 e. The lowest BCUT2D eigenvalue weighted by molar-refractivity contribution is -0.246. The number of benzene rings is 1. The van der Waals surface area contributed by atoms with Crippen LogP contribution in [0, 0.1) is 56.7 Å². The first-order valence-electron chi connectivity index (χ1n) is 19.8. The largest absolute Gasteiger partial charge is 0.477 e. The Morgan fingerprint density at radius 2 is 1.62 bits per heavy atom. The minimum absolute atomic E-state index is 0.0657. The van der Waals surface area contributed by atoms with Crippen LogP contribution in [0.5, 0.6) is 0 Å². The van der Waals surface area contributed by atoms with E-state index in [0.29, 0.717) is 35.8 Å². The summed E-state index contributed by atoms with van der Waals surface area (Å²) in [7, 11) is 0. The lowest BCUT2D eigenvalue weighted by Gasteiger charge is -2.72. The molecule has 2 aromatic rings. The molecule has 0 radical (unpaired) electrons. The monoisotopic (exact) mass is 728 g/mol. The number of carboxylic acids is 1. The van der Waals surface area contributed by atoms with Crippen LogP contribution in [0.15, 0.2) is 48.6 Å². The highest BCUT2D eigenvalue weighted by atomic mass is 32.1. The van der Waals surface area contributed by atoms with E-state index in [1.165, 1.54) is 24.8 Å². The average Bonchev–Trinajstić information content (AvgIpc) is 3.75. The minimum atomic E-state index is -0.970. The number of hydrogen-bond donors (Lipinski definition) is 4. The molecule has 5 aliphatic carbocycles. The van der Waals surface area contributed by atoms with Crippen molar-refractivity contribution >= 4 is 29.1 Å². The molecule has 4 unspecified atom stereocenters. The second-order valence-electron chi connectivity index (χ2n) is 18.9. The smallest absolute Gasteiger partial charge is 0.345 e. The van der Waals surface area contributed by atoms with E-state index >= 15 is 0 Å². The average molecular weight is 729 g/mol. The predicted molar refractivity (Wildman–Crippen MR) is 206 cm³/mol. The molecule has 5 aliphatic rings. The van der Waals surface area contributed by atoms with E-state index < -0.39 is 11.4 Å². The van der Waals surface area contributed by atoms with Crippen LogP contribution in [0.2, 0.25) is 0 Å². The van der Waals surface area contributed by atoms with Crippen molar-refractivity contribution in [3.8, 4) is 0 Å². The van der Waals surface area contributed by atoms with Crippen molar-refractivity contribution in [1.82, 2.24) is 10.6 Å². The highest BCUT2D eigenvalue weighted by Gasteiger charge is 2.71. The van der Waals surface area contributed by atoms with Gasteiger partial charge >= 0.3 is 5.97 Å². The van der Waals surface area contributed by atoms with Crippen LogP contribution in [0.4, 0.5) is 0 Å². The Kier molecular flexibility index (Phi) is 9.41. The zero-order valence-electron chi connectivity index (χ0n) is 32.1. The molecular formula is C44H60N2O5S. The summed E-state index contributed by atoms with van der Waals surface area (Å²) in [5.74, 6) is 1.18. The third-order valence-corrected chi connectivity index (χ3v) is 17.5. The van der Waals surface area contributed by atoms with Crippen LogP contribution >= 0.6 is 11.3 Å². The van der Waals surface area contributed by atoms with Crippen molar-refractivity contribution in [3.63, 3.8) is 0 Å². The Bertz CT molecular complexity index is 1770. The number of carbonyl (C=O) groups excluding carboxylic acids is 2. The van der Waals surface area contributed by atoms with E-state index in [1.807, 2.05) is 18.2 Å².